The fourth-order valence-electron chi connectivity index (χ4n) is 3.09. The molecule has 0 aliphatic rings. The van der Waals surface area contributed by atoms with Gasteiger partial charge in [-0.25, -0.2) is 13.5 Å². The summed E-state index contributed by atoms with van der Waals surface area (Å²) in [4.78, 5) is 24.5. The van der Waals surface area contributed by atoms with E-state index in [2.05, 4.69) is 16.0 Å². The summed E-state index contributed by atoms with van der Waals surface area (Å²) in [6.07, 6.45) is -0.0793. The number of halogens is 2. The standard InChI is InChI=1S/C22H22F2N4O3/c1-4-31-17-8-5-15(6-9-17)22(30)26-25-21(29)12-18-13(2)27-28(14(18)3)20-10-7-16(23)11-19(20)24/h5-11H,4,12H2,1-3H3,(H,25,29)(H,26,30). The summed E-state index contributed by atoms with van der Waals surface area (Å²) < 4.78 is 34.0. The first-order valence-corrected chi connectivity index (χ1v) is 9.62. The van der Waals surface area contributed by atoms with Gasteiger partial charge in [0.15, 0.2) is 5.82 Å². The minimum Gasteiger partial charge on any atom is -0.494 e. The highest BCUT2D eigenvalue weighted by Gasteiger charge is 2.18. The fourth-order valence-corrected chi connectivity index (χ4v) is 3.09. The molecular formula is C22H22F2N4O3. The average molecular weight is 428 g/mol. The molecule has 162 valence electrons. The molecule has 2 N–H and O–H groups in total. The number of rotatable bonds is 6. The molecule has 0 bridgehead atoms. The van der Waals surface area contributed by atoms with Crippen molar-refractivity contribution in [2.24, 2.45) is 0 Å². The van der Waals surface area contributed by atoms with Crippen molar-refractivity contribution in [2.75, 3.05) is 6.61 Å². The molecule has 31 heavy (non-hydrogen) atoms. The van der Waals surface area contributed by atoms with Crippen LogP contribution in [0.4, 0.5) is 8.78 Å². The van der Waals surface area contributed by atoms with Gasteiger partial charge in [0.2, 0.25) is 5.91 Å². The van der Waals surface area contributed by atoms with Crippen LogP contribution in [0.25, 0.3) is 5.69 Å². The maximum absolute atomic E-state index is 14.1. The van der Waals surface area contributed by atoms with Crippen molar-refractivity contribution in [2.45, 2.75) is 27.2 Å². The Morgan fingerprint density at radius 3 is 2.42 bits per heavy atom. The number of nitrogens with one attached hydrogen (secondary N) is 2. The lowest BCUT2D eigenvalue weighted by Crippen LogP contribution is -2.42. The predicted molar refractivity (Wildman–Crippen MR) is 110 cm³/mol. The number of carbonyl (C=O) groups is 2. The second-order valence-electron chi connectivity index (χ2n) is 6.79. The predicted octanol–water partition coefficient (Wildman–Crippen LogP) is 3.17. The number of nitrogens with zero attached hydrogens (tertiary/aromatic N) is 2. The van der Waals surface area contributed by atoms with Crippen LogP contribution in [-0.2, 0) is 11.2 Å². The van der Waals surface area contributed by atoms with Crippen LogP contribution in [0.1, 0.15) is 34.2 Å². The Kier molecular flexibility index (Phi) is 6.64. The molecule has 0 radical (unpaired) electrons. The molecule has 3 rings (SSSR count). The second kappa shape index (κ2) is 9.38. The Morgan fingerprint density at radius 2 is 1.77 bits per heavy atom. The van der Waals surface area contributed by atoms with Gasteiger partial charge in [-0.1, -0.05) is 0 Å². The van der Waals surface area contributed by atoms with E-state index in [0.717, 1.165) is 12.1 Å². The molecular weight excluding hydrogens is 406 g/mol. The minimum absolute atomic E-state index is 0.0793. The lowest BCUT2D eigenvalue weighted by molar-refractivity contribution is -0.121. The van der Waals surface area contributed by atoms with Gasteiger partial charge in [-0.3, -0.25) is 20.4 Å². The van der Waals surface area contributed by atoms with Gasteiger partial charge in [0.25, 0.3) is 5.91 Å². The number of benzene rings is 2. The van der Waals surface area contributed by atoms with E-state index in [1.54, 1.807) is 38.1 Å². The number of hydrogen-bond acceptors (Lipinski definition) is 4. The molecule has 3 aromatic rings. The molecule has 0 saturated heterocycles. The third kappa shape index (κ3) is 5.06. The lowest BCUT2D eigenvalue weighted by atomic mass is 10.1. The number of ether oxygens (including phenoxy) is 1. The summed E-state index contributed by atoms with van der Waals surface area (Å²) in [5.41, 5.74) is 6.79. The summed E-state index contributed by atoms with van der Waals surface area (Å²) in [7, 11) is 0. The van der Waals surface area contributed by atoms with Crippen molar-refractivity contribution < 1.29 is 23.1 Å². The number of aromatic nitrogens is 2. The molecule has 0 unspecified atom stereocenters. The van der Waals surface area contributed by atoms with Crippen molar-refractivity contribution in [3.05, 3.63) is 76.6 Å². The Hall–Kier alpha value is -3.75. The normalized spacial score (nSPS) is 10.6. The third-order valence-electron chi connectivity index (χ3n) is 4.66. The van der Waals surface area contributed by atoms with E-state index in [1.165, 1.54) is 10.7 Å². The quantitative estimate of drug-likeness (QED) is 0.591. The number of carbonyl (C=O) groups excluding carboxylic acids is 2. The van der Waals surface area contributed by atoms with Crippen molar-refractivity contribution in [1.82, 2.24) is 20.6 Å². The Balaban J connectivity index is 1.65. The van der Waals surface area contributed by atoms with Crippen LogP contribution in [0.5, 0.6) is 5.75 Å². The minimum atomic E-state index is -0.760. The Labute approximate surface area is 178 Å². The molecule has 7 nitrogen and oxygen atoms in total. The molecule has 0 spiro atoms. The molecule has 0 fully saturated rings. The lowest BCUT2D eigenvalue weighted by Gasteiger charge is -2.09. The van der Waals surface area contributed by atoms with Gasteiger partial charge in [-0.15, -0.1) is 0 Å². The van der Waals surface area contributed by atoms with E-state index in [0.29, 0.717) is 34.9 Å². The summed E-state index contributed by atoms with van der Waals surface area (Å²) >= 11 is 0. The van der Waals surface area contributed by atoms with Crippen molar-refractivity contribution in [3.8, 4) is 11.4 Å². The van der Waals surface area contributed by atoms with Gasteiger partial charge >= 0.3 is 0 Å². The molecule has 2 amide bonds. The second-order valence-corrected chi connectivity index (χ2v) is 6.79. The number of amides is 2. The van der Waals surface area contributed by atoms with Crippen LogP contribution < -0.4 is 15.6 Å². The van der Waals surface area contributed by atoms with Gasteiger partial charge in [0.05, 0.1) is 18.7 Å². The molecule has 2 aromatic carbocycles. The Morgan fingerprint density at radius 1 is 1.06 bits per heavy atom. The van der Waals surface area contributed by atoms with Gasteiger partial charge < -0.3 is 4.74 Å². The zero-order valence-electron chi connectivity index (χ0n) is 17.3. The summed E-state index contributed by atoms with van der Waals surface area (Å²) in [5, 5.41) is 4.27. The van der Waals surface area contributed by atoms with Crippen molar-refractivity contribution in [3.63, 3.8) is 0 Å². The van der Waals surface area contributed by atoms with E-state index in [1.807, 2.05) is 6.92 Å². The monoisotopic (exact) mass is 428 g/mol. The summed E-state index contributed by atoms with van der Waals surface area (Å²) in [6, 6.07) is 9.69. The van der Waals surface area contributed by atoms with Crippen LogP contribution in [0.2, 0.25) is 0 Å². The van der Waals surface area contributed by atoms with E-state index in [4.69, 9.17) is 4.74 Å². The molecule has 0 aliphatic heterocycles. The maximum Gasteiger partial charge on any atom is 0.269 e. The van der Waals surface area contributed by atoms with Crippen LogP contribution in [0.15, 0.2) is 42.5 Å². The highest BCUT2D eigenvalue weighted by atomic mass is 19.1. The summed E-state index contributed by atoms with van der Waals surface area (Å²) in [5.74, 6) is -1.75. The van der Waals surface area contributed by atoms with Crippen LogP contribution in [-0.4, -0.2) is 28.2 Å². The van der Waals surface area contributed by atoms with Gasteiger partial charge in [0.1, 0.15) is 17.3 Å². The first kappa shape index (κ1) is 21.9. The van der Waals surface area contributed by atoms with E-state index in [-0.39, 0.29) is 12.1 Å². The molecule has 1 heterocycles. The zero-order valence-corrected chi connectivity index (χ0v) is 17.3. The van der Waals surface area contributed by atoms with Crippen molar-refractivity contribution >= 4 is 11.8 Å². The maximum atomic E-state index is 14.1. The first-order valence-electron chi connectivity index (χ1n) is 9.62. The molecule has 0 atom stereocenters. The first-order chi connectivity index (χ1) is 14.8. The third-order valence-corrected chi connectivity index (χ3v) is 4.66. The zero-order chi connectivity index (χ0) is 22.5. The molecule has 9 heteroatoms. The van der Waals surface area contributed by atoms with Gasteiger partial charge in [0, 0.05) is 22.9 Å². The SMILES string of the molecule is CCOc1ccc(C(=O)NNC(=O)Cc2c(C)nn(-c3ccc(F)cc3F)c2C)cc1. The fraction of sp³-hybridized carbons (Fsp3) is 0.227. The van der Waals surface area contributed by atoms with E-state index < -0.39 is 23.4 Å². The van der Waals surface area contributed by atoms with E-state index in [9.17, 15) is 18.4 Å². The highest BCUT2D eigenvalue weighted by molar-refractivity contribution is 5.95. The number of hydrazine groups is 1. The Bertz CT molecular complexity index is 1110. The largest absolute Gasteiger partial charge is 0.494 e. The average Bonchev–Trinajstić information content (AvgIpc) is 3.01. The van der Waals surface area contributed by atoms with E-state index >= 15 is 0 Å². The topological polar surface area (TPSA) is 85.2 Å². The van der Waals surface area contributed by atoms with Crippen LogP contribution >= 0.6 is 0 Å². The van der Waals surface area contributed by atoms with Crippen LogP contribution in [0, 0.1) is 25.5 Å². The summed E-state index contributed by atoms with van der Waals surface area (Å²) in [6.45, 7) is 5.75. The molecule has 0 aliphatic carbocycles. The number of hydrogen-bond donors (Lipinski definition) is 2. The van der Waals surface area contributed by atoms with Gasteiger partial charge in [-0.05, 0) is 57.2 Å². The van der Waals surface area contributed by atoms with Crippen LogP contribution in [0.3, 0.4) is 0 Å². The highest BCUT2D eigenvalue weighted by Crippen LogP contribution is 2.21. The smallest absolute Gasteiger partial charge is 0.269 e. The van der Waals surface area contributed by atoms with Gasteiger partial charge in [-0.2, -0.15) is 5.10 Å². The van der Waals surface area contributed by atoms with Crippen molar-refractivity contribution in [1.29, 1.82) is 0 Å². The molecule has 1 aromatic heterocycles. The number of aryl methyl sites for hydroxylation is 1. The molecule has 0 saturated carbocycles.